The van der Waals surface area contributed by atoms with E-state index in [0.29, 0.717) is 24.9 Å². The summed E-state index contributed by atoms with van der Waals surface area (Å²) in [6, 6.07) is 11.3. The van der Waals surface area contributed by atoms with Crippen molar-refractivity contribution in [2.24, 2.45) is 10.9 Å². The number of piperidine rings is 2. The molecule has 0 saturated carbocycles. The van der Waals surface area contributed by atoms with Gasteiger partial charge in [-0.05, 0) is 43.7 Å². The van der Waals surface area contributed by atoms with Crippen LogP contribution in [0.2, 0.25) is 0 Å². The summed E-state index contributed by atoms with van der Waals surface area (Å²) < 4.78 is 41.0. The van der Waals surface area contributed by atoms with Gasteiger partial charge in [-0.25, -0.2) is 0 Å². The first kappa shape index (κ1) is 26.2. The number of nitrogens with zero attached hydrogens (tertiary/aromatic N) is 3. The fraction of sp³-hybridized carbons (Fsp3) is 0.682. The average molecular weight is 554 g/mol. The minimum absolute atomic E-state index is 0. The van der Waals surface area contributed by atoms with E-state index in [4.69, 9.17) is 0 Å². The topological polar surface area (TPSA) is 40.1 Å². The van der Waals surface area contributed by atoms with E-state index in [1.807, 2.05) is 0 Å². The first-order valence-corrected chi connectivity index (χ1v) is 10.8. The summed E-state index contributed by atoms with van der Waals surface area (Å²) >= 11 is 0. The predicted octanol–water partition coefficient (Wildman–Crippen LogP) is 4.14. The van der Waals surface area contributed by atoms with Crippen molar-refractivity contribution in [3.63, 3.8) is 0 Å². The van der Waals surface area contributed by atoms with E-state index in [0.717, 1.165) is 38.6 Å². The lowest BCUT2D eigenvalue weighted by Gasteiger charge is -2.48. The zero-order valence-corrected chi connectivity index (χ0v) is 20.4. The van der Waals surface area contributed by atoms with Crippen LogP contribution in [0, 0.1) is 5.92 Å². The van der Waals surface area contributed by atoms with Gasteiger partial charge in [-0.3, -0.25) is 9.89 Å². The molecule has 1 N–H and O–H groups in total. The Morgan fingerprint density at radius 2 is 1.97 bits per heavy atom. The van der Waals surface area contributed by atoms with Crippen molar-refractivity contribution in [3.8, 4) is 0 Å². The standard InChI is InChI=1S/C22H33F3N4O.HI/c1-26-21(27-11-6-14-30-17-22(23,24)25)29-13-10-20-19(16-29)9-5-12-28(20)15-18-7-3-2-4-8-18;/h2-4,7-8,19-20H,5-6,9-17H2,1H3,(H,26,27);1H. The quantitative estimate of drug-likeness (QED) is 0.238. The highest BCUT2D eigenvalue weighted by molar-refractivity contribution is 14.0. The second-order valence-corrected chi connectivity index (χ2v) is 8.16. The van der Waals surface area contributed by atoms with Crippen LogP contribution in [0.25, 0.3) is 0 Å². The molecule has 0 radical (unpaired) electrons. The number of guanidine groups is 1. The molecule has 5 nitrogen and oxygen atoms in total. The first-order valence-electron chi connectivity index (χ1n) is 10.8. The second kappa shape index (κ2) is 12.8. The third kappa shape index (κ3) is 8.42. The number of likely N-dealkylation sites (tertiary alicyclic amines) is 2. The number of rotatable bonds is 7. The molecule has 2 unspecified atom stereocenters. The van der Waals surface area contributed by atoms with Crippen molar-refractivity contribution in [1.29, 1.82) is 0 Å². The van der Waals surface area contributed by atoms with Crippen LogP contribution in [0.4, 0.5) is 13.2 Å². The lowest BCUT2D eigenvalue weighted by Crippen LogP contribution is -2.56. The normalized spacial score (nSPS) is 22.6. The van der Waals surface area contributed by atoms with Crippen molar-refractivity contribution in [3.05, 3.63) is 35.9 Å². The zero-order valence-electron chi connectivity index (χ0n) is 18.1. The summed E-state index contributed by atoms with van der Waals surface area (Å²) in [5, 5.41) is 3.28. The number of alkyl halides is 3. The Kier molecular flexibility index (Phi) is 10.8. The molecule has 2 heterocycles. The third-order valence-electron chi connectivity index (χ3n) is 5.94. The van der Waals surface area contributed by atoms with Gasteiger partial charge in [0.15, 0.2) is 5.96 Å². The molecule has 2 atom stereocenters. The Bertz CT molecular complexity index is 674. The molecule has 2 aliphatic rings. The van der Waals surface area contributed by atoms with Crippen LogP contribution in [0.3, 0.4) is 0 Å². The molecule has 31 heavy (non-hydrogen) atoms. The van der Waals surface area contributed by atoms with E-state index in [1.54, 1.807) is 7.05 Å². The van der Waals surface area contributed by atoms with Gasteiger partial charge in [-0.2, -0.15) is 13.2 Å². The highest BCUT2D eigenvalue weighted by Crippen LogP contribution is 2.31. The molecule has 9 heteroatoms. The van der Waals surface area contributed by atoms with Crippen LogP contribution in [0.15, 0.2) is 35.3 Å². The molecule has 0 aliphatic carbocycles. The molecular weight excluding hydrogens is 520 g/mol. The lowest BCUT2D eigenvalue weighted by atomic mass is 9.83. The van der Waals surface area contributed by atoms with Crippen molar-refractivity contribution in [1.82, 2.24) is 15.1 Å². The van der Waals surface area contributed by atoms with Gasteiger partial charge in [-0.1, -0.05) is 30.3 Å². The summed E-state index contributed by atoms with van der Waals surface area (Å²) in [6.45, 7) is 3.53. The van der Waals surface area contributed by atoms with Gasteiger partial charge in [0, 0.05) is 45.9 Å². The maximum absolute atomic E-state index is 12.1. The molecule has 2 saturated heterocycles. The Balaban J connectivity index is 0.00000341. The van der Waals surface area contributed by atoms with Gasteiger partial charge in [-0.15, -0.1) is 24.0 Å². The summed E-state index contributed by atoms with van der Waals surface area (Å²) in [4.78, 5) is 9.32. The highest BCUT2D eigenvalue weighted by atomic mass is 127. The Morgan fingerprint density at radius 3 is 2.68 bits per heavy atom. The maximum Gasteiger partial charge on any atom is 0.411 e. The van der Waals surface area contributed by atoms with Gasteiger partial charge < -0.3 is 15.0 Å². The monoisotopic (exact) mass is 554 g/mol. The van der Waals surface area contributed by atoms with E-state index < -0.39 is 12.8 Å². The Hall–Kier alpha value is -1.07. The molecule has 3 rings (SSSR count). The number of halogens is 4. The van der Waals surface area contributed by atoms with Crippen LogP contribution in [-0.4, -0.2) is 74.4 Å². The molecule has 0 bridgehead atoms. The Labute approximate surface area is 200 Å². The number of aliphatic imine (C=N–C) groups is 1. The van der Waals surface area contributed by atoms with Crippen LogP contribution in [0.1, 0.15) is 31.2 Å². The van der Waals surface area contributed by atoms with E-state index in [9.17, 15) is 13.2 Å². The summed E-state index contributed by atoms with van der Waals surface area (Å²) in [5.74, 6) is 1.45. The minimum atomic E-state index is -4.26. The molecule has 1 aromatic carbocycles. The summed E-state index contributed by atoms with van der Waals surface area (Å²) in [7, 11) is 1.76. The summed E-state index contributed by atoms with van der Waals surface area (Å²) in [5.41, 5.74) is 1.37. The number of fused-ring (bicyclic) bond motifs is 1. The molecule has 2 fully saturated rings. The van der Waals surface area contributed by atoms with Crippen LogP contribution >= 0.6 is 24.0 Å². The molecule has 1 aromatic rings. The van der Waals surface area contributed by atoms with E-state index in [2.05, 4.69) is 55.2 Å². The highest BCUT2D eigenvalue weighted by Gasteiger charge is 2.36. The van der Waals surface area contributed by atoms with Crippen LogP contribution in [-0.2, 0) is 11.3 Å². The number of ether oxygens (including phenoxy) is 1. The SMILES string of the molecule is CN=C(NCCCOCC(F)(F)F)N1CCC2C(CCCN2Cc2ccccc2)C1.I. The molecule has 0 spiro atoms. The van der Waals surface area contributed by atoms with Gasteiger partial charge in [0.1, 0.15) is 6.61 Å². The van der Waals surface area contributed by atoms with Crippen molar-refractivity contribution in [2.45, 2.75) is 44.4 Å². The van der Waals surface area contributed by atoms with E-state index >= 15 is 0 Å². The van der Waals surface area contributed by atoms with Crippen LogP contribution in [0.5, 0.6) is 0 Å². The number of nitrogens with one attached hydrogen (secondary N) is 1. The Morgan fingerprint density at radius 1 is 1.19 bits per heavy atom. The average Bonchev–Trinajstić information content (AvgIpc) is 2.73. The van der Waals surface area contributed by atoms with E-state index in [-0.39, 0.29) is 30.6 Å². The van der Waals surface area contributed by atoms with Crippen molar-refractivity contribution in [2.75, 3.05) is 46.4 Å². The fourth-order valence-corrected chi connectivity index (χ4v) is 4.61. The third-order valence-corrected chi connectivity index (χ3v) is 5.94. The second-order valence-electron chi connectivity index (χ2n) is 8.16. The largest absolute Gasteiger partial charge is 0.411 e. The fourth-order valence-electron chi connectivity index (χ4n) is 4.61. The van der Waals surface area contributed by atoms with Gasteiger partial charge in [0.05, 0.1) is 0 Å². The number of benzene rings is 1. The molecule has 2 aliphatic heterocycles. The van der Waals surface area contributed by atoms with Crippen molar-refractivity contribution < 1.29 is 17.9 Å². The van der Waals surface area contributed by atoms with Gasteiger partial charge >= 0.3 is 6.18 Å². The molecular formula is C22H34F3IN4O. The van der Waals surface area contributed by atoms with E-state index in [1.165, 1.54) is 18.4 Å². The first-order chi connectivity index (χ1) is 14.5. The minimum Gasteiger partial charge on any atom is -0.372 e. The molecule has 0 amide bonds. The van der Waals surface area contributed by atoms with Crippen LogP contribution < -0.4 is 5.32 Å². The smallest absolute Gasteiger partial charge is 0.372 e. The predicted molar refractivity (Wildman–Crippen MR) is 128 cm³/mol. The molecule has 0 aromatic heterocycles. The summed E-state index contributed by atoms with van der Waals surface area (Å²) in [6.07, 6.45) is -0.200. The number of hydrogen-bond acceptors (Lipinski definition) is 3. The van der Waals surface area contributed by atoms with Crippen molar-refractivity contribution >= 4 is 29.9 Å². The van der Waals surface area contributed by atoms with Gasteiger partial charge in [0.2, 0.25) is 0 Å². The maximum atomic E-state index is 12.1. The number of hydrogen-bond donors (Lipinski definition) is 1. The van der Waals surface area contributed by atoms with Gasteiger partial charge in [0.25, 0.3) is 0 Å². The zero-order chi connectivity index (χ0) is 21.4. The molecule has 176 valence electrons. The lowest BCUT2D eigenvalue weighted by molar-refractivity contribution is -0.173.